The van der Waals surface area contributed by atoms with Crippen LogP contribution in [-0.4, -0.2) is 28.9 Å². The van der Waals surface area contributed by atoms with E-state index >= 15 is 0 Å². The van der Waals surface area contributed by atoms with Gasteiger partial charge in [-0.15, -0.1) is 11.6 Å². The van der Waals surface area contributed by atoms with Crippen LogP contribution in [0.1, 0.15) is 51.3 Å². The van der Waals surface area contributed by atoms with Crippen molar-refractivity contribution in [3.8, 4) is 0 Å². The molecule has 4 heteroatoms. The minimum atomic E-state index is 0.0902. The summed E-state index contributed by atoms with van der Waals surface area (Å²) in [6, 6.07) is 2.66. The van der Waals surface area contributed by atoms with E-state index in [0.717, 1.165) is 51.0 Å². The zero-order chi connectivity index (χ0) is 13.7. The summed E-state index contributed by atoms with van der Waals surface area (Å²) in [5, 5.41) is 4.74. The second kappa shape index (κ2) is 6.76. The Kier molecular flexibility index (Phi) is 5.28. The van der Waals surface area contributed by atoms with Gasteiger partial charge in [0.05, 0.1) is 18.3 Å². The highest BCUT2D eigenvalue weighted by Crippen LogP contribution is 2.33. The maximum Gasteiger partial charge on any atom is 0.0631 e. The van der Waals surface area contributed by atoms with Gasteiger partial charge < -0.3 is 4.74 Å². The van der Waals surface area contributed by atoms with Crippen LogP contribution in [0.15, 0.2) is 12.3 Å². The Balaban J connectivity index is 2.05. The molecule has 108 valence electrons. The van der Waals surface area contributed by atoms with Gasteiger partial charge in [0, 0.05) is 30.5 Å². The van der Waals surface area contributed by atoms with Crippen LogP contribution in [0.5, 0.6) is 0 Å². The fourth-order valence-corrected chi connectivity index (χ4v) is 3.23. The molecule has 0 aromatic carbocycles. The van der Waals surface area contributed by atoms with Crippen molar-refractivity contribution in [1.82, 2.24) is 9.78 Å². The lowest BCUT2D eigenvalue weighted by atomic mass is 9.80. The van der Waals surface area contributed by atoms with E-state index in [1.807, 2.05) is 0 Å². The van der Waals surface area contributed by atoms with Crippen LogP contribution in [0.2, 0.25) is 0 Å². The van der Waals surface area contributed by atoms with Gasteiger partial charge in [0.15, 0.2) is 0 Å². The molecule has 1 aliphatic rings. The number of ether oxygens (including phenoxy) is 1. The highest BCUT2D eigenvalue weighted by molar-refractivity contribution is 6.18. The molecule has 1 atom stereocenters. The highest BCUT2D eigenvalue weighted by atomic mass is 35.5. The van der Waals surface area contributed by atoms with Crippen molar-refractivity contribution in [3.63, 3.8) is 0 Å². The van der Waals surface area contributed by atoms with Gasteiger partial charge in [0.25, 0.3) is 0 Å². The van der Waals surface area contributed by atoms with E-state index in [1.54, 1.807) is 0 Å². The molecule has 1 aromatic rings. The number of rotatable bonds is 6. The molecular formula is C15H25ClN2O. The predicted molar refractivity (Wildman–Crippen MR) is 78.8 cm³/mol. The number of hydrogen-bond donors (Lipinski definition) is 0. The molecule has 1 unspecified atom stereocenters. The van der Waals surface area contributed by atoms with E-state index in [4.69, 9.17) is 21.4 Å². The van der Waals surface area contributed by atoms with Crippen molar-refractivity contribution in [1.29, 1.82) is 0 Å². The smallest absolute Gasteiger partial charge is 0.0631 e. The van der Waals surface area contributed by atoms with Crippen LogP contribution < -0.4 is 0 Å². The normalized spacial score (nSPS) is 24.0. The second-order valence-corrected chi connectivity index (χ2v) is 5.99. The maximum atomic E-state index is 6.20. The lowest BCUT2D eigenvalue weighted by Crippen LogP contribution is -2.35. The summed E-state index contributed by atoms with van der Waals surface area (Å²) in [5.41, 5.74) is 1.24. The van der Waals surface area contributed by atoms with Crippen molar-refractivity contribution in [2.75, 3.05) is 19.1 Å². The van der Waals surface area contributed by atoms with Gasteiger partial charge in [-0.25, -0.2) is 0 Å². The fraction of sp³-hybridized carbons (Fsp3) is 0.800. The molecule has 0 saturated carbocycles. The van der Waals surface area contributed by atoms with Gasteiger partial charge in [0.2, 0.25) is 0 Å². The highest BCUT2D eigenvalue weighted by Gasteiger charge is 2.33. The van der Waals surface area contributed by atoms with Crippen molar-refractivity contribution >= 4 is 11.6 Å². The van der Waals surface area contributed by atoms with Crippen LogP contribution in [0.25, 0.3) is 0 Å². The SMILES string of the molecule is CCC(CC)n1ccc(CC2(CCl)CCCOC2)n1. The molecule has 0 amide bonds. The van der Waals surface area contributed by atoms with Crippen molar-refractivity contribution in [2.24, 2.45) is 5.41 Å². The summed E-state index contributed by atoms with van der Waals surface area (Å²) < 4.78 is 7.74. The van der Waals surface area contributed by atoms with Crippen LogP contribution >= 0.6 is 11.6 Å². The van der Waals surface area contributed by atoms with Gasteiger partial charge >= 0.3 is 0 Å². The average Bonchev–Trinajstić information content (AvgIpc) is 2.89. The zero-order valence-electron chi connectivity index (χ0n) is 12.1. The minimum Gasteiger partial charge on any atom is -0.381 e. The third-order valence-electron chi connectivity index (χ3n) is 4.22. The molecule has 0 spiro atoms. The van der Waals surface area contributed by atoms with Gasteiger partial charge in [-0.05, 0) is 31.7 Å². The molecule has 1 saturated heterocycles. The first-order chi connectivity index (χ1) is 9.23. The molecule has 0 N–H and O–H groups in total. The van der Waals surface area contributed by atoms with Crippen molar-refractivity contribution in [3.05, 3.63) is 18.0 Å². The Morgan fingerprint density at radius 3 is 2.84 bits per heavy atom. The third kappa shape index (κ3) is 3.51. The van der Waals surface area contributed by atoms with Gasteiger partial charge in [-0.1, -0.05) is 13.8 Å². The number of alkyl halides is 1. The monoisotopic (exact) mass is 284 g/mol. The Hall–Kier alpha value is -0.540. The lowest BCUT2D eigenvalue weighted by molar-refractivity contribution is 0.00421. The molecule has 19 heavy (non-hydrogen) atoms. The van der Waals surface area contributed by atoms with Crippen LogP contribution in [0.4, 0.5) is 0 Å². The van der Waals surface area contributed by atoms with Crippen LogP contribution in [0.3, 0.4) is 0 Å². The summed E-state index contributed by atoms with van der Waals surface area (Å²) in [7, 11) is 0. The van der Waals surface area contributed by atoms with Crippen LogP contribution in [0, 0.1) is 5.41 Å². The maximum absolute atomic E-state index is 6.20. The van der Waals surface area contributed by atoms with Gasteiger partial charge in [-0.2, -0.15) is 5.10 Å². The molecule has 2 heterocycles. The van der Waals surface area contributed by atoms with Crippen molar-refractivity contribution in [2.45, 2.75) is 52.0 Å². The number of hydrogen-bond acceptors (Lipinski definition) is 2. The first-order valence-corrected chi connectivity index (χ1v) is 7.94. The van der Waals surface area contributed by atoms with Gasteiger partial charge in [0.1, 0.15) is 0 Å². The Morgan fingerprint density at radius 1 is 1.47 bits per heavy atom. The topological polar surface area (TPSA) is 27.1 Å². The number of aromatic nitrogens is 2. The molecule has 1 aliphatic heterocycles. The predicted octanol–water partition coefficient (Wildman–Crippen LogP) is 3.82. The van der Waals surface area contributed by atoms with Crippen molar-refractivity contribution < 1.29 is 4.74 Å². The second-order valence-electron chi connectivity index (χ2n) is 5.72. The number of halogens is 1. The first-order valence-electron chi connectivity index (χ1n) is 7.41. The van der Waals surface area contributed by atoms with E-state index in [-0.39, 0.29) is 5.41 Å². The molecule has 2 rings (SSSR count). The largest absolute Gasteiger partial charge is 0.381 e. The third-order valence-corrected chi connectivity index (χ3v) is 4.79. The summed E-state index contributed by atoms with van der Waals surface area (Å²) in [6.45, 7) is 6.07. The van der Waals surface area contributed by atoms with E-state index < -0.39 is 0 Å². The first kappa shape index (κ1) is 14.9. The van der Waals surface area contributed by atoms with E-state index in [0.29, 0.717) is 11.9 Å². The Bertz CT molecular complexity index is 381. The molecule has 1 aromatic heterocycles. The lowest BCUT2D eigenvalue weighted by Gasteiger charge is -2.34. The molecule has 3 nitrogen and oxygen atoms in total. The van der Waals surface area contributed by atoms with E-state index in [2.05, 4.69) is 30.8 Å². The molecule has 0 bridgehead atoms. The Morgan fingerprint density at radius 2 is 2.26 bits per heavy atom. The minimum absolute atomic E-state index is 0.0902. The molecule has 0 aliphatic carbocycles. The average molecular weight is 285 g/mol. The molecule has 1 fully saturated rings. The fourth-order valence-electron chi connectivity index (χ4n) is 2.92. The Labute approximate surface area is 121 Å². The van der Waals surface area contributed by atoms with Gasteiger partial charge in [-0.3, -0.25) is 4.68 Å². The molecular weight excluding hydrogens is 260 g/mol. The number of nitrogens with zero attached hydrogens (tertiary/aromatic N) is 2. The standard InChI is InChI=1S/C15H25ClN2O/c1-3-14(4-2)18-8-6-13(17-18)10-15(11-16)7-5-9-19-12-15/h6,8,14H,3-5,7,9-12H2,1-2H3. The summed E-state index contributed by atoms with van der Waals surface area (Å²) in [5.74, 6) is 0.658. The van der Waals surface area contributed by atoms with Crippen LogP contribution in [-0.2, 0) is 11.2 Å². The van der Waals surface area contributed by atoms with E-state index in [1.165, 1.54) is 0 Å². The quantitative estimate of drug-likeness (QED) is 0.743. The molecule has 0 radical (unpaired) electrons. The van der Waals surface area contributed by atoms with E-state index in [9.17, 15) is 0 Å². The summed E-state index contributed by atoms with van der Waals surface area (Å²) in [4.78, 5) is 0. The summed E-state index contributed by atoms with van der Waals surface area (Å²) >= 11 is 6.20. The zero-order valence-corrected chi connectivity index (χ0v) is 12.8. The summed E-state index contributed by atoms with van der Waals surface area (Å²) in [6.07, 6.45) is 7.55.